The number of nitrogens with two attached hydrogens (primary N) is 1. The fourth-order valence-corrected chi connectivity index (χ4v) is 3.71. The normalized spacial score (nSPS) is 18.2. The van der Waals surface area contributed by atoms with E-state index in [4.69, 9.17) is 26.8 Å². The lowest BCUT2D eigenvalue weighted by atomic mass is 9.75. The molecule has 0 radical (unpaired) electrons. The van der Waals surface area contributed by atoms with E-state index >= 15 is 0 Å². The lowest BCUT2D eigenvalue weighted by Gasteiger charge is -2.31. The molecule has 7 heteroatoms. The SMILES string of the molecule is CCOC(=O)C(Cc1c(N)cccc1OC)C1(C(=O)c2ccc(Cl)cc2)C=CC=N1. The van der Waals surface area contributed by atoms with Crippen molar-refractivity contribution in [2.75, 3.05) is 19.5 Å². The Morgan fingerprint density at radius 3 is 2.53 bits per heavy atom. The molecule has 0 spiro atoms. The van der Waals surface area contributed by atoms with E-state index in [1.54, 1.807) is 61.5 Å². The molecule has 0 amide bonds. The number of methoxy groups -OCH3 is 1. The van der Waals surface area contributed by atoms with Crippen LogP contribution in [0.2, 0.25) is 5.02 Å². The van der Waals surface area contributed by atoms with Gasteiger partial charge in [0.15, 0.2) is 11.3 Å². The van der Waals surface area contributed by atoms with Crippen LogP contribution in [-0.4, -0.2) is 37.2 Å². The highest BCUT2D eigenvalue weighted by atomic mass is 35.5. The zero-order valence-corrected chi connectivity index (χ0v) is 17.6. The molecule has 0 aromatic heterocycles. The molecule has 30 heavy (non-hydrogen) atoms. The molecule has 3 rings (SSSR count). The topological polar surface area (TPSA) is 91.0 Å². The Labute approximate surface area is 180 Å². The number of nitrogen functional groups attached to an aromatic ring is 1. The summed E-state index contributed by atoms with van der Waals surface area (Å²) >= 11 is 5.97. The van der Waals surface area contributed by atoms with Crippen molar-refractivity contribution in [1.82, 2.24) is 0 Å². The van der Waals surface area contributed by atoms with E-state index in [0.29, 0.717) is 27.6 Å². The maximum Gasteiger partial charge on any atom is 0.312 e. The van der Waals surface area contributed by atoms with Crippen LogP contribution in [0.4, 0.5) is 5.69 Å². The first-order valence-corrected chi connectivity index (χ1v) is 9.92. The summed E-state index contributed by atoms with van der Waals surface area (Å²) in [4.78, 5) is 31.1. The minimum atomic E-state index is -1.45. The second kappa shape index (κ2) is 9.13. The standard InChI is InChI=1S/C23H23ClN2O4/c1-3-30-22(28)18(14-17-19(25)6-4-7-20(17)29-2)23(12-5-13-26-23)21(27)15-8-10-16(24)11-9-15/h4-13,18H,3,14,25H2,1-2H3. The summed E-state index contributed by atoms with van der Waals surface area (Å²) in [6.45, 7) is 1.89. The van der Waals surface area contributed by atoms with Crippen LogP contribution in [0.15, 0.2) is 59.6 Å². The Hall–Kier alpha value is -3.12. The number of hydrogen-bond acceptors (Lipinski definition) is 6. The molecular formula is C23H23ClN2O4. The lowest BCUT2D eigenvalue weighted by molar-refractivity contribution is -0.149. The first-order chi connectivity index (χ1) is 14.4. The van der Waals surface area contributed by atoms with E-state index in [2.05, 4.69) is 4.99 Å². The number of hydrogen-bond donors (Lipinski definition) is 1. The van der Waals surface area contributed by atoms with Gasteiger partial charge in [-0.3, -0.25) is 14.6 Å². The number of carbonyl (C=O) groups is 2. The molecule has 2 aromatic rings. The smallest absolute Gasteiger partial charge is 0.312 e. The van der Waals surface area contributed by atoms with E-state index < -0.39 is 17.4 Å². The van der Waals surface area contributed by atoms with Crippen LogP contribution in [0.25, 0.3) is 0 Å². The zero-order chi connectivity index (χ0) is 21.7. The van der Waals surface area contributed by atoms with Crippen molar-refractivity contribution in [2.45, 2.75) is 18.9 Å². The summed E-state index contributed by atoms with van der Waals surface area (Å²) in [5.41, 5.74) is 6.20. The van der Waals surface area contributed by atoms with Gasteiger partial charge in [0.25, 0.3) is 0 Å². The Bertz CT molecular complexity index is 987. The van der Waals surface area contributed by atoms with Crippen LogP contribution in [0.1, 0.15) is 22.8 Å². The van der Waals surface area contributed by atoms with E-state index in [9.17, 15) is 9.59 Å². The molecule has 2 atom stereocenters. The highest BCUT2D eigenvalue weighted by Crippen LogP contribution is 2.38. The van der Waals surface area contributed by atoms with Gasteiger partial charge < -0.3 is 15.2 Å². The third-order valence-corrected chi connectivity index (χ3v) is 5.35. The molecule has 2 aromatic carbocycles. The van der Waals surface area contributed by atoms with Crippen LogP contribution >= 0.6 is 11.6 Å². The van der Waals surface area contributed by atoms with Crippen molar-refractivity contribution < 1.29 is 19.1 Å². The lowest BCUT2D eigenvalue weighted by Crippen LogP contribution is -2.47. The fraction of sp³-hybridized carbons (Fsp3) is 0.261. The number of esters is 1. The van der Waals surface area contributed by atoms with Crippen molar-refractivity contribution in [2.24, 2.45) is 10.9 Å². The van der Waals surface area contributed by atoms with Gasteiger partial charge >= 0.3 is 5.97 Å². The molecule has 0 saturated heterocycles. The third kappa shape index (κ3) is 4.09. The molecule has 1 aliphatic rings. The third-order valence-electron chi connectivity index (χ3n) is 5.09. The Morgan fingerprint density at radius 2 is 1.93 bits per heavy atom. The monoisotopic (exact) mass is 426 g/mol. The second-order valence-corrected chi connectivity index (χ2v) is 7.27. The van der Waals surface area contributed by atoms with Gasteiger partial charge in [0.05, 0.1) is 19.6 Å². The van der Waals surface area contributed by atoms with E-state index in [-0.39, 0.29) is 18.8 Å². The van der Waals surface area contributed by atoms with Crippen LogP contribution in [0.3, 0.4) is 0 Å². The highest BCUT2D eigenvalue weighted by molar-refractivity contribution is 6.30. The molecule has 0 bridgehead atoms. The molecule has 0 saturated carbocycles. The Kier molecular flexibility index (Phi) is 6.57. The number of ketones is 1. The number of aliphatic imine (C=N–C) groups is 1. The van der Waals surface area contributed by atoms with Gasteiger partial charge in [-0.05, 0) is 61.9 Å². The Morgan fingerprint density at radius 1 is 1.20 bits per heavy atom. The summed E-state index contributed by atoms with van der Waals surface area (Å²) < 4.78 is 10.8. The first-order valence-electron chi connectivity index (χ1n) is 9.54. The molecule has 2 unspecified atom stereocenters. The fourth-order valence-electron chi connectivity index (χ4n) is 3.59. The largest absolute Gasteiger partial charge is 0.496 e. The summed E-state index contributed by atoms with van der Waals surface area (Å²) in [5.74, 6) is -1.26. The van der Waals surface area contributed by atoms with Gasteiger partial charge in [0.1, 0.15) is 5.75 Å². The van der Waals surface area contributed by atoms with Crippen molar-refractivity contribution in [3.63, 3.8) is 0 Å². The number of carbonyl (C=O) groups excluding carboxylic acids is 2. The number of anilines is 1. The molecule has 6 nitrogen and oxygen atoms in total. The first kappa shape index (κ1) is 21.6. The number of allylic oxidation sites excluding steroid dienone is 1. The minimum Gasteiger partial charge on any atom is -0.496 e. The number of Topliss-reactive ketones (excluding diaryl/α,β-unsaturated/α-hetero) is 1. The highest BCUT2D eigenvalue weighted by Gasteiger charge is 2.49. The molecule has 0 aliphatic carbocycles. The summed E-state index contributed by atoms with van der Waals surface area (Å²) in [5, 5.41) is 0.509. The molecule has 156 valence electrons. The van der Waals surface area contributed by atoms with E-state index in [0.717, 1.165) is 0 Å². The van der Waals surface area contributed by atoms with E-state index in [1.165, 1.54) is 13.3 Å². The molecular weight excluding hydrogens is 404 g/mol. The predicted octanol–water partition coefficient (Wildman–Crippen LogP) is 3.91. The Balaban J connectivity index is 2.10. The van der Waals surface area contributed by atoms with Gasteiger partial charge in [-0.15, -0.1) is 0 Å². The van der Waals surface area contributed by atoms with Crippen LogP contribution in [0.5, 0.6) is 5.75 Å². The number of nitrogens with zero attached hydrogens (tertiary/aromatic N) is 1. The van der Waals surface area contributed by atoms with Gasteiger partial charge in [0.2, 0.25) is 0 Å². The predicted molar refractivity (Wildman–Crippen MR) is 117 cm³/mol. The number of halogens is 1. The average Bonchev–Trinajstić information content (AvgIpc) is 3.23. The van der Waals surface area contributed by atoms with Crippen molar-refractivity contribution in [1.29, 1.82) is 0 Å². The maximum absolute atomic E-state index is 13.6. The van der Waals surface area contributed by atoms with Gasteiger partial charge in [-0.1, -0.05) is 17.7 Å². The summed E-state index contributed by atoms with van der Waals surface area (Å²) in [6, 6.07) is 11.7. The van der Waals surface area contributed by atoms with Crippen molar-refractivity contribution >= 4 is 35.3 Å². The van der Waals surface area contributed by atoms with Crippen LogP contribution in [-0.2, 0) is 16.0 Å². The van der Waals surface area contributed by atoms with Gasteiger partial charge in [0, 0.05) is 28.1 Å². The molecule has 0 fully saturated rings. The van der Waals surface area contributed by atoms with Gasteiger partial charge in [-0.25, -0.2) is 0 Å². The summed E-state index contributed by atoms with van der Waals surface area (Å²) in [6.07, 6.45) is 4.93. The van der Waals surface area contributed by atoms with E-state index in [1.807, 2.05) is 0 Å². The molecule has 2 N–H and O–H groups in total. The number of benzene rings is 2. The number of rotatable bonds is 8. The average molecular weight is 427 g/mol. The maximum atomic E-state index is 13.6. The van der Waals surface area contributed by atoms with Crippen molar-refractivity contribution in [3.05, 3.63) is 70.8 Å². The molecule has 1 heterocycles. The zero-order valence-electron chi connectivity index (χ0n) is 16.8. The van der Waals surface area contributed by atoms with Crippen LogP contribution < -0.4 is 10.5 Å². The summed E-state index contributed by atoms with van der Waals surface area (Å²) in [7, 11) is 1.53. The van der Waals surface area contributed by atoms with Crippen molar-refractivity contribution in [3.8, 4) is 5.75 Å². The molecule has 1 aliphatic heterocycles. The van der Waals surface area contributed by atoms with Crippen LogP contribution in [0, 0.1) is 5.92 Å². The van der Waals surface area contributed by atoms with Gasteiger partial charge in [-0.2, -0.15) is 0 Å². The quantitative estimate of drug-likeness (QED) is 0.392. The second-order valence-electron chi connectivity index (χ2n) is 6.84. The number of ether oxygens (including phenoxy) is 2. The minimum absolute atomic E-state index is 0.121.